The third-order valence-corrected chi connectivity index (χ3v) is 9.79. The molecule has 2 atom stereocenters. The van der Waals surface area contributed by atoms with Crippen molar-refractivity contribution < 1.29 is 9.53 Å². The fourth-order valence-electron chi connectivity index (χ4n) is 8.65. The molecular formula is C34H32N2O3. The number of pyridine rings is 1. The SMILES string of the molecule is O=C(NC12CC3CC(CC(C3)C1)C2)c1cn2c3c(cccc3c1=O)OC(c1ccccc1)C2c1ccccc1. The minimum Gasteiger partial charge on any atom is -0.481 e. The molecule has 5 heteroatoms. The van der Waals surface area contributed by atoms with Gasteiger partial charge < -0.3 is 14.6 Å². The smallest absolute Gasteiger partial charge is 0.257 e. The zero-order valence-corrected chi connectivity index (χ0v) is 21.9. The van der Waals surface area contributed by atoms with Crippen molar-refractivity contribution in [1.82, 2.24) is 9.88 Å². The van der Waals surface area contributed by atoms with Crippen LogP contribution in [0.4, 0.5) is 0 Å². The minimum atomic E-state index is -0.312. The summed E-state index contributed by atoms with van der Waals surface area (Å²) in [4.78, 5) is 27.9. The molecule has 4 bridgehead atoms. The van der Waals surface area contributed by atoms with Crippen molar-refractivity contribution >= 4 is 16.8 Å². The predicted molar refractivity (Wildman–Crippen MR) is 151 cm³/mol. The highest BCUT2D eigenvalue weighted by Gasteiger charge is 2.51. The molecule has 0 spiro atoms. The van der Waals surface area contributed by atoms with Gasteiger partial charge in [-0.15, -0.1) is 0 Å². The van der Waals surface area contributed by atoms with Gasteiger partial charge in [0, 0.05) is 11.7 Å². The molecule has 196 valence electrons. The molecule has 1 aliphatic heterocycles. The summed E-state index contributed by atoms with van der Waals surface area (Å²) in [5, 5.41) is 3.97. The van der Waals surface area contributed by atoms with Crippen LogP contribution in [0.25, 0.3) is 10.9 Å². The number of hydrogen-bond donors (Lipinski definition) is 1. The summed E-state index contributed by atoms with van der Waals surface area (Å²) in [5.41, 5.74) is 2.70. The van der Waals surface area contributed by atoms with E-state index in [-0.39, 0.29) is 34.6 Å². The monoisotopic (exact) mass is 516 g/mol. The van der Waals surface area contributed by atoms with Gasteiger partial charge in [-0.1, -0.05) is 66.7 Å². The van der Waals surface area contributed by atoms with E-state index >= 15 is 0 Å². The molecule has 4 aliphatic carbocycles. The van der Waals surface area contributed by atoms with E-state index in [1.807, 2.05) is 54.6 Å². The van der Waals surface area contributed by atoms with Crippen LogP contribution in [-0.4, -0.2) is 16.0 Å². The second-order valence-electron chi connectivity index (χ2n) is 12.4. The van der Waals surface area contributed by atoms with Crippen LogP contribution in [0.5, 0.6) is 5.75 Å². The van der Waals surface area contributed by atoms with Crippen LogP contribution in [-0.2, 0) is 0 Å². The molecular weight excluding hydrogens is 484 g/mol. The molecule has 1 amide bonds. The molecule has 2 heterocycles. The van der Waals surface area contributed by atoms with E-state index in [1.54, 1.807) is 6.20 Å². The number of nitrogens with one attached hydrogen (secondary N) is 1. The van der Waals surface area contributed by atoms with Gasteiger partial charge in [0.15, 0.2) is 0 Å². The van der Waals surface area contributed by atoms with Crippen molar-refractivity contribution in [2.75, 3.05) is 0 Å². The standard InChI is InChI=1S/C34H32N2O3/c37-31-26-12-7-13-28-30(26)36(29(24-8-3-1-4-9-24)32(39-28)25-10-5-2-6-11-25)20-27(31)33(38)35-34-17-21-14-22(18-34)16-23(15-21)19-34/h1-13,20-23,29,32H,14-19H2,(H,35,38). The van der Waals surface area contributed by atoms with E-state index in [0.717, 1.165) is 35.9 Å². The summed E-state index contributed by atoms with van der Waals surface area (Å²) in [5.74, 6) is 2.57. The topological polar surface area (TPSA) is 60.3 Å². The fraction of sp³-hybridized carbons (Fsp3) is 0.353. The van der Waals surface area contributed by atoms with Gasteiger partial charge in [0.25, 0.3) is 5.91 Å². The molecule has 4 aromatic rings. The van der Waals surface area contributed by atoms with Crippen molar-refractivity contribution in [1.29, 1.82) is 0 Å². The summed E-state index contributed by atoms with van der Waals surface area (Å²) in [6, 6.07) is 25.8. The van der Waals surface area contributed by atoms with Crippen molar-refractivity contribution in [3.8, 4) is 5.75 Å². The third kappa shape index (κ3) is 3.66. The number of amides is 1. The maximum Gasteiger partial charge on any atom is 0.257 e. The van der Waals surface area contributed by atoms with Gasteiger partial charge in [0.05, 0.1) is 16.9 Å². The molecule has 1 aromatic heterocycles. The van der Waals surface area contributed by atoms with E-state index in [0.29, 0.717) is 28.9 Å². The highest BCUT2D eigenvalue weighted by molar-refractivity contribution is 5.99. The first-order chi connectivity index (χ1) is 19.1. The summed E-state index contributed by atoms with van der Waals surface area (Å²) in [6.45, 7) is 0. The molecule has 5 nitrogen and oxygen atoms in total. The molecule has 0 saturated heterocycles. The normalized spacial score (nSPS) is 30.2. The molecule has 5 aliphatic rings. The maximum atomic E-state index is 14.0. The lowest BCUT2D eigenvalue weighted by Crippen LogP contribution is -2.60. The van der Waals surface area contributed by atoms with Gasteiger partial charge in [-0.3, -0.25) is 9.59 Å². The predicted octanol–water partition coefficient (Wildman–Crippen LogP) is 6.42. The molecule has 3 aromatic carbocycles. The number of carbonyl (C=O) groups excluding carboxylic acids is 1. The molecule has 2 unspecified atom stereocenters. The number of hydrogen-bond acceptors (Lipinski definition) is 3. The van der Waals surface area contributed by atoms with E-state index in [4.69, 9.17) is 4.74 Å². The zero-order valence-electron chi connectivity index (χ0n) is 21.9. The van der Waals surface area contributed by atoms with E-state index in [9.17, 15) is 9.59 Å². The Bertz CT molecular complexity index is 1610. The Labute approximate surface area is 227 Å². The Balaban J connectivity index is 1.27. The first kappa shape index (κ1) is 23.1. The average molecular weight is 517 g/mol. The van der Waals surface area contributed by atoms with Gasteiger partial charge in [-0.05, 0) is 79.5 Å². The summed E-state index contributed by atoms with van der Waals surface area (Å²) >= 11 is 0. The lowest BCUT2D eigenvalue weighted by atomic mass is 9.53. The number of benzene rings is 3. The molecule has 4 saturated carbocycles. The molecule has 1 N–H and O–H groups in total. The number of nitrogens with zero attached hydrogens (tertiary/aromatic N) is 1. The van der Waals surface area contributed by atoms with Crippen LogP contribution in [0.15, 0.2) is 89.9 Å². The number of ether oxygens (including phenoxy) is 1. The first-order valence-electron chi connectivity index (χ1n) is 14.3. The highest BCUT2D eigenvalue weighted by atomic mass is 16.5. The van der Waals surface area contributed by atoms with Crippen molar-refractivity contribution in [2.45, 2.75) is 56.2 Å². The van der Waals surface area contributed by atoms with Crippen LogP contribution >= 0.6 is 0 Å². The Morgan fingerprint density at radius 3 is 2.05 bits per heavy atom. The third-order valence-electron chi connectivity index (χ3n) is 9.79. The molecule has 9 rings (SSSR count). The molecule has 39 heavy (non-hydrogen) atoms. The second-order valence-corrected chi connectivity index (χ2v) is 12.4. The van der Waals surface area contributed by atoms with Gasteiger partial charge >= 0.3 is 0 Å². The number of carbonyl (C=O) groups is 1. The quantitative estimate of drug-likeness (QED) is 0.340. The Morgan fingerprint density at radius 1 is 0.795 bits per heavy atom. The Hall–Kier alpha value is -3.86. The number of rotatable bonds is 4. The van der Waals surface area contributed by atoms with Gasteiger partial charge in [0.1, 0.15) is 17.4 Å². The van der Waals surface area contributed by atoms with E-state index in [2.05, 4.69) is 34.1 Å². The lowest BCUT2D eigenvalue weighted by molar-refractivity contribution is -0.0167. The summed E-state index contributed by atoms with van der Waals surface area (Å²) in [6.07, 6.45) is 8.56. The van der Waals surface area contributed by atoms with Crippen molar-refractivity contribution in [3.63, 3.8) is 0 Å². The highest BCUT2D eigenvalue weighted by Crippen LogP contribution is 2.55. The molecule has 0 radical (unpaired) electrons. The van der Waals surface area contributed by atoms with Crippen LogP contribution in [0.1, 0.15) is 72.2 Å². The van der Waals surface area contributed by atoms with Crippen LogP contribution in [0.2, 0.25) is 0 Å². The Kier molecular flexibility index (Phi) is 5.07. The summed E-state index contributed by atoms with van der Waals surface area (Å²) < 4.78 is 8.77. The van der Waals surface area contributed by atoms with Crippen LogP contribution in [0.3, 0.4) is 0 Å². The van der Waals surface area contributed by atoms with Crippen molar-refractivity contribution in [3.05, 3.63) is 112 Å². The first-order valence-corrected chi connectivity index (χ1v) is 14.3. The molecule has 4 fully saturated rings. The lowest BCUT2D eigenvalue weighted by Gasteiger charge is -2.56. The zero-order chi connectivity index (χ0) is 26.1. The number of para-hydroxylation sites is 1. The minimum absolute atomic E-state index is 0.161. The van der Waals surface area contributed by atoms with Crippen LogP contribution in [0, 0.1) is 17.8 Å². The van der Waals surface area contributed by atoms with Crippen LogP contribution < -0.4 is 15.5 Å². The van der Waals surface area contributed by atoms with Crippen molar-refractivity contribution in [2.24, 2.45) is 17.8 Å². The van der Waals surface area contributed by atoms with E-state index in [1.165, 1.54) is 19.3 Å². The van der Waals surface area contributed by atoms with E-state index < -0.39 is 0 Å². The second kappa shape index (κ2) is 8.57. The Morgan fingerprint density at radius 2 is 1.41 bits per heavy atom. The van der Waals surface area contributed by atoms with Gasteiger partial charge in [-0.25, -0.2) is 0 Å². The fourth-order valence-corrected chi connectivity index (χ4v) is 8.65. The largest absolute Gasteiger partial charge is 0.481 e. The average Bonchev–Trinajstić information content (AvgIpc) is 2.94. The number of aromatic nitrogens is 1. The van der Waals surface area contributed by atoms with Gasteiger partial charge in [0.2, 0.25) is 5.43 Å². The van der Waals surface area contributed by atoms with Gasteiger partial charge in [-0.2, -0.15) is 0 Å². The summed E-state index contributed by atoms with van der Waals surface area (Å²) in [7, 11) is 0. The maximum absolute atomic E-state index is 14.0.